The van der Waals surface area contributed by atoms with Crippen LogP contribution in [0.1, 0.15) is 58.9 Å². The summed E-state index contributed by atoms with van der Waals surface area (Å²) < 4.78 is 7.83. The summed E-state index contributed by atoms with van der Waals surface area (Å²) in [5.74, 6) is -0.193. The first-order valence-corrected chi connectivity index (χ1v) is 13.8. The second-order valence-corrected chi connectivity index (χ2v) is 10.8. The molecule has 39 heavy (non-hydrogen) atoms. The number of imide groups is 1. The Hall–Kier alpha value is -3.55. The van der Waals surface area contributed by atoms with Crippen LogP contribution in [0.5, 0.6) is 11.5 Å². The van der Waals surface area contributed by atoms with E-state index < -0.39 is 11.8 Å². The Balaban J connectivity index is 1.81. The van der Waals surface area contributed by atoms with Crippen molar-refractivity contribution in [1.82, 2.24) is 14.8 Å². The smallest absolute Gasteiger partial charge is 0.259 e. The first-order chi connectivity index (χ1) is 18.8. The van der Waals surface area contributed by atoms with Gasteiger partial charge in [-0.25, -0.2) is 0 Å². The Morgan fingerprint density at radius 1 is 1.00 bits per heavy atom. The fourth-order valence-corrected chi connectivity index (χ4v) is 5.92. The molecule has 8 heteroatoms. The van der Waals surface area contributed by atoms with Gasteiger partial charge in [0.25, 0.3) is 11.8 Å². The second-order valence-electron chi connectivity index (χ2n) is 10.4. The zero-order valence-corrected chi connectivity index (χ0v) is 23.6. The van der Waals surface area contributed by atoms with Crippen molar-refractivity contribution in [1.29, 1.82) is 0 Å². The molecule has 7 nitrogen and oxygen atoms in total. The predicted molar refractivity (Wildman–Crippen MR) is 156 cm³/mol. The van der Waals surface area contributed by atoms with Gasteiger partial charge >= 0.3 is 0 Å². The minimum Gasteiger partial charge on any atom is -0.508 e. The van der Waals surface area contributed by atoms with Crippen molar-refractivity contribution in [2.75, 3.05) is 27.7 Å². The summed E-state index contributed by atoms with van der Waals surface area (Å²) >= 11 is 6.66. The molecule has 2 N–H and O–H groups in total. The van der Waals surface area contributed by atoms with E-state index in [1.165, 1.54) is 0 Å². The summed E-state index contributed by atoms with van der Waals surface area (Å²) in [4.78, 5) is 28.6. The van der Waals surface area contributed by atoms with Gasteiger partial charge in [-0.3, -0.25) is 14.9 Å². The normalized spacial score (nSPS) is 13.1. The molecule has 0 saturated heterocycles. The van der Waals surface area contributed by atoms with E-state index in [0.29, 0.717) is 32.8 Å². The van der Waals surface area contributed by atoms with E-state index in [4.69, 9.17) is 16.3 Å². The SMILES string of the molecule is CCCCn1c2cc(CCCCN(C)C)c(O)cc2c2c3c(c(-c4c(Cl)cccc4OC)cc21)C(=O)NC3=O. The van der Waals surface area contributed by atoms with Crippen molar-refractivity contribution in [3.63, 3.8) is 0 Å². The number of halogens is 1. The average molecular weight is 548 g/mol. The first-order valence-electron chi connectivity index (χ1n) is 13.4. The Morgan fingerprint density at radius 2 is 1.77 bits per heavy atom. The summed E-state index contributed by atoms with van der Waals surface area (Å²) in [7, 11) is 5.67. The molecule has 0 spiro atoms. The van der Waals surface area contributed by atoms with E-state index in [0.717, 1.165) is 67.2 Å². The van der Waals surface area contributed by atoms with Gasteiger partial charge in [0.15, 0.2) is 0 Å². The summed E-state index contributed by atoms with van der Waals surface area (Å²) in [6, 6.07) is 11.1. The van der Waals surface area contributed by atoms with Gasteiger partial charge in [0.2, 0.25) is 0 Å². The van der Waals surface area contributed by atoms with Crippen LogP contribution in [0.3, 0.4) is 0 Å². The number of nitrogens with zero attached hydrogens (tertiary/aromatic N) is 2. The van der Waals surface area contributed by atoms with Crippen LogP contribution in [-0.4, -0.2) is 54.1 Å². The molecule has 204 valence electrons. The van der Waals surface area contributed by atoms with Crippen LogP contribution in [0, 0.1) is 0 Å². The van der Waals surface area contributed by atoms with Crippen molar-refractivity contribution in [2.24, 2.45) is 0 Å². The number of phenolic OH excluding ortho intramolecular Hbond substituents is 1. The van der Waals surface area contributed by atoms with Gasteiger partial charge in [-0.15, -0.1) is 0 Å². The van der Waals surface area contributed by atoms with Crippen LogP contribution in [0.25, 0.3) is 32.9 Å². The molecular weight excluding hydrogens is 514 g/mol. The number of benzene rings is 3. The molecule has 0 atom stereocenters. The lowest BCUT2D eigenvalue weighted by Gasteiger charge is -2.15. The second kappa shape index (κ2) is 10.9. The number of phenols is 1. The summed E-state index contributed by atoms with van der Waals surface area (Å²) in [5, 5.41) is 15.4. The van der Waals surface area contributed by atoms with Gasteiger partial charge in [-0.05, 0) is 82.2 Å². The molecule has 0 aliphatic carbocycles. The van der Waals surface area contributed by atoms with E-state index >= 15 is 0 Å². The van der Waals surface area contributed by atoms with Crippen molar-refractivity contribution >= 4 is 45.2 Å². The van der Waals surface area contributed by atoms with Gasteiger partial charge < -0.3 is 19.3 Å². The molecule has 5 rings (SSSR count). The Morgan fingerprint density at radius 3 is 2.49 bits per heavy atom. The molecule has 0 bridgehead atoms. The summed E-state index contributed by atoms with van der Waals surface area (Å²) in [5.41, 5.74) is 4.36. The summed E-state index contributed by atoms with van der Waals surface area (Å²) in [6.07, 6.45) is 4.66. The number of aryl methyl sites for hydroxylation is 2. The van der Waals surface area contributed by atoms with Gasteiger partial charge in [0, 0.05) is 34.0 Å². The lowest BCUT2D eigenvalue weighted by molar-refractivity contribution is 0.0880. The van der Waals surface area contributed by atoms with E-state index in [2.05, 4.69) is 35.8 Å². The number of hydrogen-bond acceptors (Lipinski definition) is 5. The maximum absolute atomic E-state index is 13.3. The third-order valence-electron chi connectivity index (χ3n) is 7.54. The fourth-order valence-electron chi connectivity index (χ4n) is 5.65. The molecule has 1 aromatic heterocycles. The van der Waals surface area contributed by atoms with E-state index in [1.54, 1.807) is 31.4 Å². The number of nitrogens with one attached hydrogen (secondary N) is 1. The Labute approximate surface area is 233 Å². The van der Waals surface area contributed by atoms with Crippen molar-refractivity contribution < 1.29 is 19.4 Å². The van der Waals surface area contributed by atoms with Gasteiger partial charge in [0.05, 0.1) is 28.8 Å². The van der Waals surface area contributed by atoms with Crippen molar-refractivity contribution in [3.05, 3.63) is 58.1 Å². The fraction of sp³-hybridized carbons (Fsp3) is 0.355. The standard InChI is InChI=1S/C31H34ClN3O4/c1-5-6-14-35-22-15-18(10-7-8-13-34(2)3)24(36)17-19(22)27-23(35)16-20(28-29(27)31(38)33-30(28)37)26-21(32)11-9-12-25(26)39-4/h9,11-12,15-17,36H,5-8,10,13-14H2,1-4H3,(H,33,37,38). The molecule has 3 aromatic carbocycles. The quantitative estimate of drug-likeness (QED) is 0.177. The zero-order chi connectivity index (χ0) is 27.8. The highest BCUT2D eigenvalue weighted by atomic mass is 35.5. The average Bonchev–Trinajstić information content (AvgIpc) is 3.36. The minimum absolute atomic E-state index is 0.206. The van der Waals surface area contributed by atoms with E-state index in [-0.39, 0.29) is 11.3 Å². The monoisotopic (exact) mass is 547 g/mol. The molecule has 0 unspecified atom stereocenters. The first kappa shape index (κ1) is 27.0. The predicted octanol–water partition coefficient (Wildman–Crippen LogP) is 6.40. The highest BCUT2D eigenvalue weighted by molar-refractivity contribution is 6.36. The summed E-state index contributed by atoms with van der Waals surface area (Å²) in [6.45, 7) is 3.86. The van der Waals surface area contributed by atoms with Crippen molar-refractivity contribution in [3.8, 4) is 22.6 Å². The number of amides is 2. The van der Waals surface area contributed by atoms with E-state index in [9.17, 15) is 14.7 Å². The van der Waals surface area contributed by atoms with Crippen LogP contribution < -0.4 is 10.1 Å². The Kier molecular flexibility index (Phi) is 7.56. The number of fused-ring (bicyclic) bond motifs is 5. The third-order valence-corrected chi connectivity index (χ3v) is 7.85. The largest absolute Gasteiger partial charge is 0.508 e. The third kappa shape index (κ3) is 4.74. The molecule has 4 aromatic rings. The molecule has 0 radical (unpaired) electrons. The minimum atomic E-state index is -0.468. The van der Waals surface area contributed by atoms with Crippen LogP contribution in [0.15, 0.2) is 36.4 Å². The zero-order valence-electron chi connectivity index (χ0n) is 22.9. The van der Waals surface area contributed by atoms with E-state index in [1.807, 2.05) is 12.1 Å². The highest BCUT2D eigenvalue weighted by Gasteiger charge is 2.35. The van der Waals surface area contributed by atoms with Gasteiger partial charge in [-0.1, -0.05) is 31.0 Å². The number of ether oxygens (including phenoxy) is 1. The highest BCUT2D eigenvalue weighted by Crippen LogP contribution is 2.46. The number of methoxy groups -OCH3 is 1. The maximum Gasteiger partial charge on any atom is 0.259 e. The molecule has 0 saturated carbocycles. The molecule has 1 aliphatic rings. The number of unbranched alkanes of at least 4 members (excludes halogenated alkanes) is 2. The number of aromatic nitrogens is 1. The number of carbonyl (C=O) groups is 2. The molecule has 2 heterocycles. The van der Waals surface area contributed by atoms with Crippen LogP contribution >= 0.6 is 11.6 Å². The molecule has 0 fully saturated rings. The topological polar surface area (TPSA) is 83.8 Å². The number of carbonyl (C=O) groups excluding carboxylic acids is 2. The van der Waals surface area contributed by atoms with Gasteiger partial charge in [-0.2, -0.15) is 0 Å². The number of aromatic hydroxyl groups is 1. The number of rotatable bonds is 10. The number of hydrogen-bond donors (Lipinski definition) is 2. The Bertz CT molecular complexity index is 1610. The van der Waals surface area contributed by atoms with Crippen LogP contribution in [0.4, 0.5) is 0 Å². The molecular formula is C31H34ClN3O4. The van der Waals surface area contributed by atoms with Crippen LogP contribution in [0.2, 0.25) is 5.02 Å². The lowest BCUT2D eigenvalue weighted by Crippen LogP contribution is -2.20. The maximum atomic E-state index is 13.3. The molecule has 2 amide bonds. The van der Waals surface area contributed by atoms with Crippen molar-refractivity contribution in [2.45, 2.75) is 45.6 Å². The lowest BCUT2D eigenvalue weighted by atomic mass is 9.92. The van der Waals surface area contributed by atoms with Gasteiger partial charge in [0.1, 0.15) is 11.5 Å². The van der Waals surface area contributed by atoms with Crippen LogP contribution in [-0.2, 0) is 13.0 Å². The molecule has 1 aliphatic heterocycles.